The van der Waals surface area contributed by atoms with E-state index in [9.17, 15) is 4.79 Å². The van der Waals surface area contributed by atoms with Crippen LogP contribution in [0.2, 0.25) is 10.0 Å². The van der Waals surface area contributed by atoms with Crippen molar-refractivity contribution in [2.24, 2.45) is 0 Å². The first-order valence-electron chi connectivity index (χ1n) is 5.40. The summed E-state index contributed by atoms with van der Waals surface area (Å²) in [6.45, 7) is 5.74. The van der Waals surface area contributed by atoms with Crippen molar-refractivity contribution < 1.29 is 9.53 Å². The molecule has 0 aromatic heterocycles. The van der Waals surface area contributed by atoms with Gasteiger partial charge < -0.3 is 4.74 Å². The van der Waals surface area contributed by atoms with E-state index in [1.807, 2.05) is 0 Å². The molecule has 2 nitrogen and oxygen atoms in total. The molecule has 4 heteroatoms. The minimum atomic E-state index is -0.554. The van der Waals surface area contributed by atoms with Crippen molar-refractivity contribution in [1.82, 2.24) is 0 Å². The zero-order valence-electron chi connectivity index (χ0n) is 9.63. The van der Waals surface area contributed by atoms with Crippen LogP contribution in [0.5, 0.6) is 0 Å². The molecule has 0 atom stereocenters. The highest BCUT2D eigenvalue weighted by Gasteiger charge is 2.16. The Hall–Kier alpha value is -0.990. The highest BCUT2D eigenvalue weighted by atomic mass is 35.5. The number of rotatable bonds is 5. The molecule has 17 heavy (non-hydrogen) atoms. The van der Waals surface area contributed by atoms with E-state index in [0.29, 0.717) is 12.2 Å². The maximum atomic E-state index is 11.8. The monoisotopic (exact) mass is 272 g/mol. The number of benzene rings is 1. The highest BCUT2D eigenvalue weighted by molar-refractivity contribution is 6.39. The lowest BCUT2D eigenvalue weighted by atomic mass is 10.2. The first-order chi connectivity index (χ1) is 8.06. The minimum Gasteiger partial charge on any atom is -0.428 e. The number of halogens is 2. The minimum absolute atomic E-state index is 0.188. The summed E-state index contributed by atoms with van der Waals surface area (Å²) in [5, 5.41) is 0.566. The summed E-state index contributed by atoms with van der Waals surface area (Å²) in [5.74, 6) is -0.116. The van der Waals surface area contributed by atoms with E-state index < -0.39 is 5.97 Å². The first-order valence-corrected chi connectivity index (χ1v) is 6.15. The van der Waals surface area contributed by atoms with Crippen molar-refractivity contribution in [2.75, 3.05) is 0 Å². The predicted molar refractivity (Wildman–Crippen MR) is 70.5 cm³/mol. The Labute approximate surface area is 111 Å². The average Bonchev–Trinajstić information content (AvgIpc) is 2.26. The Balaban J connectivity index is 2.73. The van der Waals surface area contributed by atoms with Crippen LogP contribution >= 0.6 is 23.2 Å². The summed E-state index contributed by atoms with van der Waals surface area (Å²) in [6.07, 6.45) is 2.61. The van der Waals surface area contributed by atoms with Gasteiger partial charge in [0.25, 0.3) is 0 Å². The molecule has 0 unspecified atom stereocenters. The van der Waals surface area contributed by atoms with Crippen LogP contribution in [0.25, 0.3) is 0 Å². The lowest BCUT2D eigenvalue weighted by Crippen LogP contribution is -2.06. The molecule has 0 aliphatic rings. The van der Waals surface area contributed by atoms with Crippen molar-refractivity contribution in [3.05, 3.63) is 46.1 Å². The van der Waals surface area contributed by atoms with Gasteiger partial charge >= 0.3 is 5.97 Å². The maximum Gasteiger partial charge on any atom is 0.346 e. The zero-order chi connectivity index (χ0) is 12.8. The summed E-state index contributed by atoms with van der Waals surface area (Å²) in [7, 11) is 0. The zero-order valence-corrected chi connectivity index (χ0v) is 11.1. The highest BCUT2D eigenvalue weighted by Crippen LogP contribution is 2.26. The van der Waals surface area contributed by atoms with Gasteiger partial charge in [-0.15, -0.1) is 0 Å². The molecular weight excluding hydrogens is 259 g/mol. The summed E-state index contributed by atoms with van der Waals surface area (Å²) >= 11 is 11.8. The summed E-state index contributed by atoms with van der Waals surface area (Å²) in [5.41, 5.74) is 0.188. The molecule has 0 spiro atoms. The average molecular weight is 273 g/mol. The van der Waals surface area contributed by atoms with Crippen molar-refractivity contribution in [3.63, 3.8) is 0 Å². The van der Waals surface area contributed by atoms with Crippen LogP contribution in [0, 0.1) is 0 Å². The van der Waals surface area contributed by atoms with Crippen LogP contribution in [-0.4, -0.2) is 5.97 Å². The van der Waals surface area contributed by atoms with Crippen LogP contribution in [0.3, 0.4) is 0 Å². The second kappa shape index (κ2) is 6.67. The second-order valence-corrected chi connectivity index (χ2v) is 4.44. The van der Waals surface area contributed by atoms with E-state index in [1.165, 1.54) is 0 Å². The Kier molecular flexibility index (Phi) is 5.52. The Morgan fingerprint density at radius 2 is 1.94 bits per heavy atom. The Morgan fingerprint density at radius 1 is 1.35 bits per heavy atom. The second-order valence-electron chi connectivity index (χ2n) is 3.63. The first kappa shape index (κ1) is 14.1. The number of carbonyl (C=O) groups excluding carboxylic acids is 1. The number of unbranched alkanes of at least 4 members (excludes halogenated alkanes) is 1. The molecule has 0 heterocycles. The van der Waals surface area contributed by atoms with E-state index in [1.54, 1.807) is 18.2 Å². The molecule has 0 amide bonds. The molecule has 0 N–H and O–H groups in total. The number of hydrogen-bond acceptors (Lipinski definition) is 2. The molecule has 0 bridgehead atoms. The molecule has 1 aromatic carbocycles. The largest absolute Gasteiger partial charge is 0.428 e. The van der Waals surface area contributed by atoms with Crippen LogP contribution < -0.4 is 0 Å². The van der Waals surface area contributed by atoms with Gasteiger partial charge in [0.2, 0.25) is 0 Å². The van der Waals surface area contributed by atoms with Crippen molar-refractivity contribution in [3.8, 4) is 0 Å². The van der Waals surface area contributed by atoms with Gasteiger partial charge in [-0.1, -0.05) is 49.2 Å². The van der Waals surface area contributed by atoms with Crippen LogP contribution in [-0.2, 0) is 4.74 Å². The summed E-state index contributed by atoms with van der Waals surface area (Å²) in [6, 6.07) is 4.87. The molecule has 0 saturated heterocycles. The van der Waals surface area contributed by atoms with Crippen molar-refractivity contribution >= 4 is 29.2 Å². The quantitative estimate of drug-likeness (QED) is 0.566. The molecule has 0 aliphatic carbocycles. The predicted octanol–water partition coefficient (Wildman–Crippen LogP) is 4.85. The van der Waals surface area contributed by atoms with Crippen LogP contribution in [0.15, 0.2) is 30.5 Å². The molecule has 0 aliphatic heterocycles. The molecule has 0 radical (unpaired) electrons. The van der Waals surface area contributed by atoms with Gasteiger partial charge in [-0.2, -0.15) is 0 Å². The van der Waals surface area contributed by atoms with Gasteiger partial charge in [0.15, 0.2) is 0 Å². The van der Waals surface area contributed by atoms with Gasteiger partial charge in [-0.25, -0.2) is 4.79 Å². The Bertz CT molecular complexity index is 407. The molecule has 0 fully saturated rings. The van der Waals surface area contributed by atoms with Crippen molar-refractivity contribution in [2.45, 2.75) is 26.2 Å². The van der Waals surface area contributed by atoms with Crippen LogP contribution in [0.4, 0.5) is 0 Å². The number of hydrogen-bond donors (Lipinski definition) is 0. The fourth-order valence-corrected chi connectivity index (χ4v) is 1.85. The summed E-state index contributed by atoms with van der Waals surface area (Å²) in [4.78, 5) is 11.8. The fraction of sp³-hybridized carbons (Fsp3) is 0.308. The normalized spacial score (nSPS) is 10.1. The van der Waals surface area contributed by atoms with Gasteiger partial charge in [-0.05, 0) is 18.6 Å². The molecule has 0 saturated carbocycles. The fourth-order valence-electron chi connectivity index (χ4n) is 1.30. The van der Waals surface area contributed by atoms with Gasteiger partial charge in [0.1, 0.15) is 5.76 Å². The maximum absolute atomic E-state index is 11.8. The smallest absolute Gasteiger partial charge is 0.346 e. The third-order valence-corrected chi connectivity index (χ3v) is 2.84. The molecule has 1 rings (SSSR count). The van der Waals surface area contributed by atoms with Crippen molar-refractivity contribution in [1.29, 1.82) is 0 Å². The van der Waals surface area contributed by atoms with E-state index in [2.05, 4.69) is 13.5 Å². The van der Waals surface area contributed by atoms with Gasteiger partial charge in [0, 0.05) is 6.42 Å². The van der Waals surface area contributed by atoms with E-state index in [-0.39, 0.29) is 15.6 Å². The topological polar surface area (TPSA) is 26.3 Å². The lowest BCUT2D eigenvalue weighted by Gasteiger charge is -2.09. The standard InChI is InChI=1S/C13H14Cl2O2/c1-3-4-6-9(2)17-13(16)12-10(14)7-5-8-11(12)15/h5,7-8H,2-4,6H2,1H3. The summed E-state index contributed by atoms with van der Waals surface area (Å²) < 4.78 is 5.10. The molecular formula is C13H14Cl2O2. The van der Waals surface area contributed by atoms with Gasteiger partial charge in [-0.3, -0.25) is 0 Å². The third-order valence-electron chi connectivity index (χ3n) is 2.21. The molecule has 1 aromatic rings. The number of ether oxygens (including phenoxy) is 1. The Morgan fingerprint density at radius 3 is 2.47 bits per heavy atom. The van der Waals surface area contributed by atoms with E-state index in [4.69, 9.17) is 27.9 Å². The third kappa shape index (κ3) is 4.06. The lowest BCUT2D eigenvalue weighted by molar-refractivity contribution is 0.0615. The number of allylic oxidation sites excluding steroid dienone is 1. The van der Waals surface area contributed by atoms with Crippen LogP contribution in [0.1, 0.15) is 36.5 Å². The van der Waals surface area contributed by atoms with E-state index >= 15 is 0 Å². The number of carbonyl (C=O) groups is 1. The van der Waals surface area contributed by atoms with E-state index in [0.717, 1.165) is 12.8 Å². The number of esters is 1. The molecule has 92 valence electrons. The van der Waals surface area contributed by atoms with Gasteiger partial charge in [0.05, 0.1) is 15.6 Å². The SMILES string of the molecule is C=C(CCCC)OC(=O)c1c(Cl)cccc1Cl.